The van der Waals surface area contributed by atoms with Gasteiger partial charge in [-0.15, -0.1) is 0 Å². The summed E-state index contributed by atoms with van der Waals surface area (Å²) in [6, 6.07) is 13.1. The highest BCUT2D eigenvalue weighted by atomic mass is 16.6. The van der Waals surface area contributed by atoms with E-state index in [-0.39, 0.29) is 12.3 Å². The Kier molecular flexibility index (Phi) is 3.53. The van der Waals surface area contributed by atoms with E-state index in [0.717, 1.165) is 0 Å². The number of hydrogen-bond acceptors (Lipinski definition) is 5. The summed E-state index contributed by atoms with van der Waals surface area (Å²) in [5.74, 6) is 0. The Morgan fingerprint density at radius 1 is 1.18 bits per heavy atom. The van der Waals surface area contributed by atoms with Gasteiger partial charge in [-0.25, -0.2) is 14.3 Å². The molecule has 0 unspecified atom stereocenters. The maximum Gasteiger partial charge on any atom is 0.420 e. The molecule has 1 heterocycles. The van der Waals surface area contributed by atoms with Crippen molar-refractivity contribution in [1.82, 2.24) is 9.55 Å². The van der Waals surface area contributed by atoms with Crippen molar-refractivity contribution >= 4 is 22.8 Å². The second-order valence-corrected chi connectivity index (χ2v) is 4.58. The van der Waals surface area contributed by atoms with Crippen LogP contribution >= 0.6 is 0 Å². The van der Waals surface area contributed by atoms with Crippen molar-refractivity contribution in [3.63, 3.8) is 0 Å². The number of non-ortho nitro benzene ring substituents is 1. The molecular weight excluding hydrogens is 286 g/mol. The highest BCUT2D eigenvalue weighted by Gasteiger charge is 2.11. The molecule has 0 atom stereocenters. The zero-order valence-corrected chi connectivity index (χ0v) is 11.4. The van der Waals surface area contributed by atoms with E-state index in [4.69, 9.17) is 4.74 Å². The predicted molar refractivity (Wildman–Crippen MR) is 78.4 cm³/mol. The number of nitro groups is 1. The highest BCUT2D eigenvalue weighted by molar-refractivity contribution is 5.86. The van der Waals surface area contributed by atoms with Gasteiger partial charge in [0.1, 0.15) is 12.9 Å². The average Bonchev–Trinajstić information content (AvgIpc) is 2.97. The molecule has 7 heteroatoms. The predicted octanol–water partition coefficient (Wildman–Crippen LogP) is 3.13. The molecule has 0 aliphatic carbocycles. The number of para-hydroxylation sites is 2. The van der Waals surface area contributed by atoms with Gasteiger partial charge < -0.3 is 4.74 Å². The Labute approximate surface area is 124 Å². The number of ether oxygens (including phenoxy) is 1. The van der Waals surface area contributed by atoms with Crippen LogP contribution in [0.5, 0.6) is 0 Å². The van der Waals surface area contributed by atoms with E-state index in [1.807, 2.05) is 12.1 Å². The van der Waals surface area contributed by atoms with Gasteiger partial charge >= 0.3 is 6.09 Å². The van der Waals surface area contributed by atoms with Crippen LogP contribution in [0.25, 0.3) is 11.0 Å². The molecule has 3 aromatic rings. The minimum atomic E-state index is -0.549. The minimum absolute atomic E-state index is 0.00400. The summed E-state index contributed by atoms with van der Waals surface area (Å²) in [6.45, 7) is 0.0311. The molecule has 0 saturated carbocycles. The summed E-state index contributed by atoms with van der Waals surface area (Å²) in [5.41, 5.74) is 2.03. The number of hydrogen-bond donors (Lipinski definition) is 0. The van der Waals surface area contributed by atoms with Crippen molar-refractivity contribution in [2.45, 2.75) is 6.61 Å². The molecule has 0 bridgehead atoms. The fraction of sp³-hybridized carbons (Fsp3) is 0.0667. The van der Waals surface area contributed by atoms with E-state index >= 15 is 0 Å². The first kappa shape index (κ1) is 13.7. The molecule has 0 fully saturated rings. The van der Waals surface area contributed by atoms with Crippen molar-refractivity contribution in [3.8, 4) is 0 Å². The number of carbonyl (C=O) groups excluding carboxylic acids is 1. The van der Waals surface area contributed by atoms with Crippen LogP contribution in [0.3, 0.4) is 0 Å². The molecule has 0 saturated heterocycles. The molecule has 3 rings (SSSR count). The molecule has 1 aromatic heterocycles. The van der Waals surface area contributed by atoms with E-state index in [1.54, 1.807) is 24.3 Å². The molecule has 22 heavy (non-hydrogen) atoms. The van der Waals surface area contributed by atoms with Gasteiger partial charge in [0.2, 0.25) is 0 Å². The monoisotopic (exact) mass is 297 g/mol. The smallest absolute Gasteiger partial charge is 0.420 e. The number of aromatic nitrogens is 2. The molecule has 0 amide bonds. The number of fused-ring (bicyclic) bond motifs is 1. The van der Waals surface area contributed by atoms with Crippen LogP contribution in [0.4, 0.5) is 10.5 Å². The van der Waals surface area contributed by atoms with Crippen LogP contribution in [0.1, 0.15) is 5.56 Å². The van der Waals surface area contributed by atoms with Gasteiger partial charge in [0.15, 0.2) is 0 Å². The molecule has 0 spiro atoms. The first-order chi connectivity index (χ1) is 10.6. The number of nitrogens with zero attached hydrogens (tertiary/aromatic N) is 3. The lowest BCUT2D eigenvalue weighted by molar-refractivity contribution is -0.384. The number of rotatable bonds is 3. The van der Waals surface area contributed by atoms with E-state index in [0.29, 0.717) is 16.6 Å². The Morgan fingerprint density at radius 3 is 2.64 bits per heavy atom. The van der Waals surface area contributed by atoms with E-state index in [2.05, 4.69) is 4.98 Å². The summed E-state index contributed by atoms with van der Waals surface area (Å²) in [5, 5.41) is 10.6. The number of imidazole rings is 1. The Hall–Kier alpha value is -3.22. The molecular formula is C15H11N3O4. The number of carbonyl (C=O) groups is 1. The van der Waals surface area contributed by atoms with Crippen LogP contribution in [-0.2, 0) is 11.3 Å². The van der Waals surface area contributed by atoms with E-state index in [1.165, 1.54) is 23.0 Å². The van der Waals surface area contributed by atoms with Crippen LogP contribution in [0.15, 0.2) is 54.9 Å². The second-order valence-electron chi connectivity index (χ2n) is 4.58. The molecule has 0 aliphatic rings. The van der Waals surface area contributed by atoms with E-state index in [9.17, 15) is 14.9 Å². The van der Waals surface area contributed by atoms with Gasteiger partial charge in [0, 0.05) is 12.1 Å². The van der Waals surface area contributed by atoms with Crippen molar-refractivity contribution < 1.29 is 14.5 Å². The Bertz CT molecular complexity index is 839. The standard InChI is InChI=1S/C15H11N3O4/c19-15(17-10-16-13-3-1-2-4-14(13)17)22-9-11-5-7-12(8-6-11)18(20)21/h1-8,10H,9H2. The van der Waals surface area contributed by atoms with Gasteiger partial charge in [-0.1, -0.05) is 12.1 Å². The molecule has 0 aliphatic heterocycles. The van der Waals surface area contributed by atoms with Crippen molar-refractivity contribution in [2.75, 3.05) is 0 Å². The number of nitro benzene ring substituents is 1. The molecule has 7 nitrogen and oxygen atoms in total. The summed E-state index contributed by atoms with van der Waals surface area (Å²) in [4.78, 5) is 26.3. The van der Waals surface area contributed by atoms with E-state index < -0.39 is 11.0 Å². The zero-order valence-electron chi connectivity index (χ0n) is 11.4. The van der Waals surface area contributed by atoms with Crippen LogP contribution < -0.4 is 0 Å². The molecule has 0 radical (unpaired) electrons. The highest BCUT2D eigenvalue weighted by Crippen LogP contribution is 2.15. The summed E-state index contributed by atoms with van der Waals surface area (Å²) >= 11 is 0. The quantitative estimate of drug-likeness (QED) is 0.547. The third-order valence-electron chi connectivity index (χ3n) is 3.16. The van der Waals surface area contributed by atoms with Gasteiger partial charge in [0.05, 0.1) is 16.0 Å². The van der Waals surface area contributed by atoms with Gasteiger partial charge in [-0.3, -0.25) is 10.1 Å². The first-order valence-electron chi connectivity index (χ1n) is 6.48. The fourth-order valence-corrected chi connectivity index (χ4v) is 2.03. The second kappa shape index (κ2) is 5.65. The molecule has 110 valence electrons. The van der Waals surface area contributed by atoms with Gasteiger partial charge in [0.25, 0.3) is 5.69 Å². The lowest BCUT2D eigenvalue weighted by Crippen LogP contribution is -2.12. The van der Waals surface area contributed by atoms with Crippen molar-refractivity contribution in [3.05, 3.63) is 70.5 Å². The minimum Gasteiger partial charge on any atom is -0.444 e. The van der Waals surface area contributed by atoms with Crippen molar-refractivity contribution in [2.24, 2.45) is 0 Å². The zero-order chi connectivity index (χ0) is 15.5. The summed E-state index contributed by atoms with van der Waals surface area (Å²) in [6.07, 6.45) is 0.857. The topological polar surface area (TPSA) is 87.3 Å². The Balaban J connectivity index is 1.71. The first-order valence-corrected chi connectivity index (χ1v) is 6.48. The molecule has 2 aromatic carbocycles. The third kappa shape index (κ3) is 2.64. The Morgan fingerprint density at radius 2 is 1.91 bits per heavy atom. The summed E-state index contributed by atoms with van der Waals surface area (Å²) in [7, 11) is 0. The molecule has 0 N–H and O–H groups in total. The van der Waals surface area contributed by atoms with Crippen molar-refractivity contribution in [1.29, 1.82) is 0 Å². The van der Waals surface area contributed by atoms with Crippen LogP contribution in [-0.4, -0.2) is 20.6 Å². The van der Waals surface area contributed by atoms with Gasteiger partial charge in [-0.05, 0) is 29.8 Å². The average molecular weight is 297 g/mol. The SMILES string of the molecule is O=C(OCc1ccc([N+](=O)[O-])cc1)n1cnc2ccccc21. The fourth-order valence-electron chi connectivity index (χ4n) is 2.03. The van der Waals surface area contributed by atoms with Crippen LogP contribution in [0.2, 0.25) is 0 Å². The largest absolute Gasteiger partial charge is 0.444 e. The normalized spacial score (nSPS) is 10.5. The summed E-state index contributed by atoms with van der Waals surface area (Å²) < 4.78 is 6.52. The maximum atomic E-state index is 12.1. The van der Waals surface area contributed by atoms with Gasteiger partial charge in [-0.2, -0.15) is 0 Å². The third-order valence-corrected chi connectivity index (χ3v) is 3.16. The lowest BCUT2D eigenvalue weighted by atomic mass is 10.2. The number of benzene rings is 2. The lowest BCUT2D eigenvalue weighted by Gasteiger charge is -2.05. The maximum absolute atomic E-state index is 12.1. The van der Waals surface area contributed by atoms with Crippen LogP contribution in [0, 0.1) is 10.1 Å².